The number of benzene rings is 2. The monoisotopic (exact) mass is 692 g/mol. The Morgan fingerprint density at radius 1 is 0.920 bits per heavy atom. The first-order valence-corrected chi connectivity index (χ1v) is 19.8. The van der Waals surface area contributed by atoms with Crippen molar-refractivity contribution < 1.29 is 9.29 Å². The molecule has 2 aliphatic carbocycles. The van der Waals surface area contributed by atoms with E-state index < -0.39 is 11.4 Å². The summed E-state index contributed by atoms with van der Waals surface area (Å²) in [5.41, 5.74) is 6.36. The van der Waals surface area contributed by atoms with Crippen LogP contribution in [0.1, 0.15) is 93.5 Å². The van der Waals surface area contributed by atoms with Gasteiger partial charge < -0.3 is 14.2 Å². The van der Waals surface area contributed by atoms with Crippen LogP contribution in [0.15, 0.2) is 65.8 Å². The predicted octanol–water partition coefficient (Wildman–Crippen LogP) is 8.86. The van der Waals surface area contributed by atoms with Crippen molar-refractivity contribution in [3.05, 3.63) is 83.3 Å². The van der Waals surface area contributed by atoms with Gasteiger partial charge >= 0.3 is 0 Å². The molecule has 2 aromatic carbocycles. The second-order valence-corrected chi connectivity index (χ2v) is 16.5. The van der Waals surface area contributed by atoms with Crippen molar-refractivity contribution in [3.8, 4) is 17.1 Å². The van der Waals surface area contributed by atoms with Crippen LogP contribution in [0.4, 0.5) is 11.8 Å². The first-order valence-electron chi connectivity index (χ1n) is 18.6. The van der Waals surface area contributed by atoms with Gasteiger partial charge in [-0.1, -0.05) is 57.0 Å². The average Bonchev–Trinajstić information content (AvgIpc) is 3.23. The Morgan fingerprint density at radius 2 is 1.70 bits per heavy atom. The highest BCUT2D eigenvalue weighted by atomic mass is 32.2. The Bertz CT molecular complexity index is 1760. The molecule has 1 aliphatic heterocycles. The molecule has 2 fully saturated rings. The molecule has 0 radical (unpaired) electrons. The van der Waals surface area contributed by atoms with Crippen molar-refractivity contribution in [1.82, 2.24) is 19.9 Å². The van der Waals surface area contributed by atoms with E-state index >= 15 is 0 Å². The maximum Gasteiger partial charge on any atom is 0.269 e. The fourth-order valence-corrected chi connectivity index (χ4v) is 9.50. The van der Waals surface area contributed by atoms with Gasteiger partial charge in [-0.15, -0.1) is 0 Å². The van der Waals surface area contributed by atoms with Gasteiger partial charge in [0.05, 0.1) is 24.2 Å². The van der Waals surface area contributed by atoms with Crippen molar-refractivity contribution in [2.24, 2.45) is 23.7 Å². The zero-order valence-corrected chi connectivity index (χ0v) is 31.1. The molecule has 0 saturated heterocycles. The second-order valence-electron chi connectivity index (χ2n) is 15.3. The van der Waals surface area contributed by atoms with E-state index in [0.717, 1.165) is 66.0 Å². The molecule has 0 spiro atoms. The van der Waals surface area contributed by atoms with Gasteiger partial charge in [0.15, 0.2) is 4.90 Å². The van der Waals surface area contributed by atoms with Crippen LogP contribution < -0.4 is 14.4 Å². The predicted molar refractivity (Wildman–Crippen MR) is 202 cm³/mol. The number of fused-ring (bicyclic) bond motifs is 5. The van der Waals surface area contributed by atoms with Crippen molar-refractivity contribution in [1.29, 1.82) is 0 Å². The van der Waals surface area contributed by atoms with E-state index in [2.05, 4.69) is 74.7 Å². The Balaban J connectivity index is 1.31. The van der Waals surface area contributed by atoms with Crippen LogP contribution in [0.3, 0.4) is 0 Å². The highest BCUT2D eigenvalue weighted by Crippen LogP contribution is 2.47. The topological polar surface area (TPSA) is 99.1 Å². The molecular formula is C41H52N6O2S. The van der Waals surface area contributed by atoms with Crippen LogP contribution in [0, 0.1) is 37.5 Å². The Hall–Kier alpha value is -3.69. The lowest BCUT2D eigenvalue weighted by Gasteiger charge is -2.37. The number of hydrogen-bond donors (Lipinski definition) is 1. The minimum Gasteiger partial charge on any atom is -0.588 e. The molecule has 5 atom stereocenters. The first kappa shape index (κ1) is 34.7. The van der Waals surface area contributed by atoms with E-state index in [1.54, 1.807) is 0 Å². The molecule has 50 heavy (non-hydrogen) atoms. The maximum absolute atomic E-state index is 13.7. The van der Waals surface area contributed by atoms with Crippen LogP contribution in [0.2, 0.25) is 0 Å². The summed E-state index contributed by atoms with van der Waals surface area (Å²) in [5.74, 6) is 3.79. The number of hydrogen-bond acceptors (Lipinski definition) is 8. The lowest BCUT2D eigenvalue weighted by atomic mass is 9.71. The minimum absolute atomic E-state index is 0.265. The number of aryl methyl sites for hydroxylation is 3. The minimum atomic E-state index is -1.54. The normalized spacial score (nSPS) is 24.2. The highest BCUT2D eigenvalue weighted by Gasteiger charge is 2.40. The average molecular weight is 693 g/mol. The number of nitrogens with zero attached hydrogens (tertiary/aromatic N) is 5. The van der Waals surface area contributed by atoms with Gasteiger partial charge in [0.2, 0.25) is 5.88 Å². The fraction of sp³-hybridized carbons (Fsp3) is 0.512. The number of anilines is 2. The third kappa shape index (κ3) is 7.64. The van der Waals surface area contributed by atoms with Gasteiger partial charge in [-0.25, -0.2) is 9.97 Å². The van der Waals surface area contributed by atoms with E-state index in [4.69, 9.17) is 24.7 Å². The van der Waals surface area contributed by atoms with E-state index in [1.807, 2.05) is 30.6 Å². The molecule has 2 unspecified atom stereocenters. The second kappa shape index (κ2) is 15.3. The Labute approximate surface area is 301 Å². The van der Waals surface area contributed by atoms with E-state index in [9.17, 15) is 4.55 Å². The lowest BCUT2D eigenvalue weighted by molar-refractivity contribution is 0.106. The SMILES string of the molecule is Cc1cccc(C)c1-c1cc2nc(n1)N[S+]([O-])c1cccc(c1)CCC1[C@@H](c3cncc(N(C)C4CCC4)n3)CCC[C@@H](CC(C)C)[C@H]1CO2. The van der Waals surface area contributed by atoms with Gasteiger partial charge in [0, 0.05) is 36.8 Å². The van der Waals surface area contributed by atoms with Crippen molar-refractivity contribution >= 4 is 23.1 Å². The molecule has 7 rings (SSSR count). The summed E-state index contributed by atoms with van der Waals surface area (Å²) >= 11 is -1.54. The first-order chi connectivity index (χ1) is 24.2. The largest absolute Gasteiger partial charge is 0.588 e. The summed E-state index contributed by atoms with van der Waals surface area (Å²) in [5, 5.41) is 0. The van der Waals surface area contributed by atoms with Crippen LogP contribution >= 0.6 is 0 Å². The van der Waals surface area contributed by atoms with Crippen LogP contribution in [0.5, 0.6) is 5.88 Å². The summed E-state index contributed by atoms with van der Waals surface area (Å²) in [7, 11) is 2.18. The molecule has 3 heterocycles. The molecule has 2 aromatic heterocycles. The molecular weight excluding hydrogens is 641 g/mol. The summed E-state index contributed by atoms with van der Waals surface area (Å²) in [4.78, 5) is 22.9. The quantitative estimate of drug-likeness (QED) is 0.200. The molecule has 2 saturated carbocycles. The zero-order chi connectivity index (χ0) is 34.8. The Kier molecular flexibility index (Phi) is 10.6. The molecule has 4 bridgehead atoms. The van der Waals surface area contributed by atoms with Gasteiger partial charge in [-0.05, 0) is 111 Å². The summed E-state index contributed by atoms with van der Waals surface area (Å²) in [6.45, 7) is 9.44. The van der Waals surface area contributed by atoms with Gasteiger partial charge in [-0.2, -0.15) is 9.71 Å². The van der Waals surface area contributed by atoms with Crippen molar-refractivity contribution in [2.45, 2.75) is 102 Å². The maximum atomic E-state index is 13.7. The van der Waals surface area contributed by atoms with Crippen LogP contribution in [-0.2, 0) is 17.8 Å². The van der Waals surface area contributed by atoms with Gasteiger partial charge in [0.1, 0.15) is 17.2 Å². The van der Waals surface area contributed by atoms with Crippen LogP contribution in [0.25, 0.3) is 11.3 Å². The van der Waals surface area contributed by atoms with Gasteiger partial charge in [-0.3, -0.25) is 4.98 Å². The number of nitrogens with one attached hydrogen (secondary N) is 1. The van der Waals surface area contributed by atoms with Gasteiger partial charge in [0.25, 0.3) is 5.95 Å². The summed E-state index contributed by atoms with van der Waals surface area (Å²) in [6.07, 6.45) is 14.2. The van der Waals surface area contributed by atoms with Crippen molar-refractivity contribution in [2.75, 3.05) is 23.3 Å². The molecule has 264 valence electrons. The molecule has 3 aliphatic rings. The Morgan fingerprint density at radius 3 is 2.46 bits per heavy atom. The molecule has 0 amide bonds. The highest BCUT2D eigenvalue weighted by molar-refractivity contribution is 7.92. The van der Waals surface area contributed by atoms with Crippen LogP contribution in [-0.4, -0.2) is 44.2 Å². The summed E-state index contributed by atoms with van der Waals surface area (Å²) < 4.78 is 23.6. The molecule has 8 nitrogen and oxygen atoms in total. The molecule has 1 N–H and O–H groups in total. The number of rotatable bonds is 6. The third-order valence-electron chi connectivity index (χ3n) is 11.5. The van der Waals surface area contributed by atoms with Crippen molar-refractivity contribution in [3.63, 3.8) is 0 Å². The van der Waals surface area contributed by atoms with E-state index in [1.165, 1.54) is 31.2 Å². The zero-order valence-electron chi connectivity index (χ0n) is 30.3. The van der Waals surface area contributed by atoms with E-state index in [-0.39, 0.29) is 5.92 Å². The molecule has 4 aromatic rings. The number of ether oxygens (including phenoxy) is 1. The third-order valence-corrected chi connectivity index (χ3v) is 12.5. The number of aromatic nitrogens is 4. The summed E-state index contributed by atoms with van der Waals surface area (Å²) in [6, 6.07) is 17.0. The molecule has 9 heteroatoms. The smallest absolute Gasteiger partial charge is 0.269 e. The standard InChI is InChI=1S/C41H52N6O2S/c1-26(2)20-30-13-8-17-34(37-23-42-24-38(43-37)47(5)31-14-9-15-31)33-19-18-29-12-7-16-32(21-29)50(48)46-41-44-36(22-39(45-41)49-25-35(30)33)40-27(3)10-6-11-28(40)4/h6-7,10-12,16,21-24,26,30-31,33-35H,8-9,13-15,17-20,25H2,1-5H3,(H,44,45,46)/t30-,33?,34-,35+,50?/m0/s1. The fourth-order valence-electron chi connectivity index (χ4n) is 8.66. The van der Waals surface area contributed by atoms with E-state index in [0.29, 0.717) is 53.0 Å². The lowest BCUT2D eigenvalue weighted by Crippen LogP contribution is -2.38.